The first-order valence-electron chi connectivity index (χ1n) is 9.10. The molecule has 1 saturated heterocycles. The normalized spacial score (nSPS) is 23.4. The van der Waals surface area contributed by atoms with Gasteiger partial charge in [-0.05, 0) is 49.9 Å². The number of hydrogen-bond donors (Lipinski definition) is 2. The Morgan fingerprint density at radius 3 is 2.88 bits per heavy atom. The van der Waals surface area contributed by atoms with Gasteiger partial charge in [0.25, 0.3) is 0 Å². The van der Waals surface area contributed by atoms with Crippen LogP contribution in [0.4, 0.5) is 5.69 Å². The van der Waals surface area contributed by atoms with E-state index in [0.717, 1.165) is 41.6 Å². The van der Waals surface area contributed by atoms with Crippen LogP contribution in [-0.4, -0.2) is 29.2 Å². The van der Waals surface area contributed by atoms with Crippen molar-refractivity contribution in [3.05, 3.63) is 40.7 Å². The highest BCUT2D eigenvalue weighted by molar-refractivity contribution is 6.32. The molecule has 25 heavy (non-hydrogen) atoms. The number of aromatic nitrogens is 2. The average molecular weight is 356 g/mol. The van der Waals surface area contributed by atoms with Crippen LogP contribution in [0.25, 0.3) is 5.69 Å². The molecule has 1 saturated carbocycles. The van der Waals surface area contributed by atoms with Crippen LogP contribution >= 0.6 is 11.6 Å². The molecule has 1 spiro atoms. The van der Waals surface area contributed by atoms with Crippen LogP contribution in [0.1, 0.15) is 49.3 Å². The summed E-state index contributed by atoms with van der Waals surface area (Å²) in [6.45, 7) is 1.08. The maximum atomic E-state index is 6.66. The van der Waals surface area contributed by atoms with Gasteiger partial charge in [-0.2, -0.15) is 5.10 Å². The fourth-order valence-electron chi connectivity index (χ4n) is 4.51. The van der Waals surface area contributed by atoms with Crippen LogP contribution in [0.5, 0.6) is 0 Å². The number of nitrogens with zero attached hydrogens (tertiary/aromatic N) is 3. The highest BCUT2D eigenvalue weighted by Gasteiger charge is 2.48. The Bertz CT molecular complexity index is 859. The van der Waals surface area contributed by atoms with Crippen molar-refractivity contribution in [2.24, 2.45) is 4.99 Å². The van der Waals surface area contributed by atoms with E-state index in [1.54, 1.807) is 0 Å². The smallest absolute Gasteiger partial charge is 0.113 e. The van der Waals surface area contributed by atoms with Crippen molar-refractivity contribution < 1.29 is 0 Å². The lowest BCUT2D eigenvalue weighted by Gasteiger charge is -2.40. The molecule has 1 atom stereocenters. The monoisotopic (exact) mass is 355 g/mol. The van der Waals surface area contributed by atoms with Crippen molar-refractivity contribution in [2.45, 2.75) is 43.6 Å². The minimum absolute atomic E-state index is 0.0648. The molecule has 0 amide bonds. The van der Waals surface area contributed by atoms with Gasteiger partial charge in [0.1, 0.15) is 5.84 Å². The Hall–Kier alpha value is -1.85. The molecule has 5 nitrogen and oxygen atoms in total. The summed E-state index contributed by atoms with van der Waals surface area (Å²) in [5, 5.41) is 12.1. The van der Waals surface area contributed by atoms with Crippen molar-refractivity contribution >= 4 is 23.1 Å². The molecule has 5 rings (SSSR count). The third kappa shape index (κ3) is 2.19. The van der Waals surface area contributed by atoms with E-state index in [4.69, 9.17) is 16.6 Å². The van der Waals surface area contributed by atoms with Gasteiger partial charge in [0.15, 0.2) is 0 Å². The number of fused-ring (bicyclic) bond motifs is 2. The van der Waals surface area contributed by atoms with E-state index in [2.05, 4.69) is 34.1 Å². The zero-order valence-corrected chi connectivity index (χ0v) is 15.1. The Morgan fingerprint density at radius 2 is 2.20 bits per heavy atom. The van der Waals surface area contributed by atoms with Crippen molar-refractivity contribution in [2.75, 3.05) is 13.6 Å². The SMILES string of the molecule is CNC1=Nc2cc(-n3cc([C@H]4CCCN4)cn3)c(Cl)cc2C12CCC2. The second-order valence-corrected chi connectivity index (χ2v) is 7.74. The van der Waals surface area contributed by atoms with Crippen LogP contribution in [0.15, 0.2) is 29.5 Å². The van der Waals surface area contributed by atoms with Gasteiger partial charge in [0.2, 0.25) is 0 Å². The van der Waals surface area contributed by atoms with E-state index in [0.29, 0.717) is 6.04 Å². The minimum Gasteiger partial charge on any atom is -0.376 e. The summed E-state index contributed by atoms with van der Waals surface area (Å²) in [6.07, 6.45) is 9.97. The maximum Gasteiger partial charge on any atom is 0.113 e. The van der Waals surface area contributed by atoms with Crippen LogP contribution in [0.3, 0.4) is 0 Å². The third-order valence-corrected chi connectivity index (χ3v) is 6.32. The quantitative estimate of drug-likeness (QED) is 0.864. The van der Waals surface area contributed by atoms with Gasteiger partial charge in [-0.3, -0.25) is 0 Å². The van der Waals surface area contributed by atoms with Gasteiger partial charge < -0.3 is 10.6 Å². The van der Waals surface area contributed by atoms with Crippen LogP contribution < -0.4 is 10.6 Å². The van der Waals surface area contributed by atoms with Crippen LogP contribution in [0, 0.1) is 0 Å². The first-order valence-corrected chi connectivity index (χ1v) is 9.48. The summed E-state index contributed by atoms with van der Waals surface area (Å²) < 4.78 is 1.89. The summed E-state index contributed by atoms with van der Waals surface area (Å²) in [5.74, 6) is 1.08. The lowest BCUT2D eigenvalue weighted by molar-refractivity contribution is 0.341. The van der Waals surface area contributed by atoms with Crippen molar-refractivity contribution in [3.8, 4) is 5.69 Å². The molecule has 130 valence electrons. The Balaban J connectivity index is 1.55. The Labute approximate surface area is 152 Å². The number of hydrogen-bond acceptors (Lipinski definition) is 4. The lowest BCUT2D eigenvalue weighted by Crippen LogP contribution is -2.45. The molecule has 6 heteroatoms. The van der Waals surface area contributed by atoms with E-state index >= 15 is 0 Å². The summed E-state index contributed by atoms with van der Waals surface area (Å²) in [7, 11) is 1.96. The number of benzene rings is 1. The Kier molecular flexibility index (Phi) is 3.44. The zero-order chi connectivity index (χ0) is 17.0. The molecule has 1 aromatic heterocycles. The van der Waals surface area contributed by atoms with Gasteiger partial charge >= 0.3 is 0 Å². The molecule has 2 fully saturated rings. The molecule has 0 bridgehead atoms. The van der Waals surface area contributed by atoms with Crippen molar-refractivity contribution in [1.29, 1.82) is 0 Å². The molecular weight excluding hydrogens is 334 g/mol. The van der Waals surface area contributed by atoms with E-state index in [1.165, 1.54) is 30.4 Å². The number of halogens is 1. The molecule has 3 aliphatic rings. The fourth-order valence-corrected chi connectivity index (χ4v) is 4.76. The number of rotatable bonds is 2. The highest BCUT2D eigenvalue weighted by Crippen LogP contribution is 2.53. The standard InChI is InChI=1S/C19H22ClN5/c1-21-18-19(5-3-6-19)13-8-14(20)17(9-16(13)24-18)25-11-12(10-23-25)15-4-2-7-22-15/h8-11,15,22H,2-7H2,1H3,(H,21,24)/t15-/m1/s1. The number of nitrogens with one attached hydrogen (secondary N) is 2. The second-order valence-electron chi connectivity index (χ2n) is 7.33. The van der Waals surface area contributed by atoms with E-state index in [1.807, 2.05) is 17.9 Å². The van der Waals surface area contributed by atoms with Crippen molar-refractivity contribution in [3.63, 3.8) is 0 Å². The molecule has 1 aromatic carbocycles. The summed E-state index contributed by atoms with van der Waals surface area (Å²) >= 11 is 6.66. The lowest BCUT2D eigenvalue weighted by atomic mass is 9.64. The summed E-state index contributed by atoms with van der Waals surface area (Å²) in [6, 6.07) is 4.60. The van der Waals surface area contributed by atoms with E-state index in [9.17, 15) is 0 Å². The van der Waals surface area contributed by atoms with Gasteiger partial charge in [0, 0.05) is 24.8 Å². The molecule has 1 aliphatic carbocycles. The number of likely N-dealkylation sites (N-methyl/N-ethyl adjacent to an activating group) is 1. The van der Waals surface area contributed by atoms with Crippen molar-refractivity contribution in [1.82, 2.24) is 20.4 Å². The van der Waals surface area contributed by atoms with Crippen LogP contribution in [0.2, 0.25) is 5.02 Å². The molecule has 0 unspecified atom stereocenters. The van der Waals surface area contributed by atoms with Gasteiger partial charge in [0.05, 0.1) is 28.0 Å². The predicted molar refractivity (Wildman–Crippen MR) is 100 cm³/mol. The topological polar surface area (TPSA) is 54.2 Å². The zero-order valence-electron chi connectivity index (χ0n) is 14.3. The molecule has 2 aromatic rings. The van der Waals surface area contributed by atoms with Gasteiger partial charge in [-0.15, -0.1) is 0 Å². The number of aliphatic imine (C=N–C) groups is 1. The highest BCUT2D eigenvalue weighted by atomic mass is 35.5. The Morgan fingerprint density at radius 1 is 1.32 bits per heavy atom. The fraction of sp³-hybridized carbons (Fsp3) is 0.474. The number of amidine groups is 1. The van der Waals surface area contributed by atoms with Gasteiger partial charge in [-0.1, -0.05) is 18.0 Å². The second kappa shape index (κ2) is 5.58. The first-order chi connectivity index (χ1) is 12.2. The summed E-state index contributed by atoms with van der Waals surface area (Å²) in [5.41, 5.74) is 4.49. The third-order valence-electron chi connectivity index (χ3n) is 6.02. The average Bonchev–Trinajstić information content (AvgIpc) is 3.30. The first kappa shape index (κ1) is 15.4. The summed E-state index contributed by atoms with van der Waals surface area (Å²) in [4.78, 5) is 4.85. The molecule has 0 radical (unpaired) electrons. The van der Waals surface area contributed by atoms with E-state index in [-0.39, 0.29) is 5.41 Å². The van der Waals surface area contributed by atoms with Crippen LogP contribution in [-0.2, 0) is 5.41 Å². The minimum atomic E-state index is 0.0648. The molecular formula is C19H22ClN5. The predicted octanol–water partition coefficient (Wildman–Crippen LogP) is 3.63. The molecule has 2 N–H and O–H groups in total. The largest absolute Gasteiger partial charge is 0.376 e. The van der Waals surface area contributed by atoms with Gasteiger partial charge in [-0.25, -0.2) is 9.67 Å². The van der Waals surface area contributed by atoms with E-state index < -0.39 is 0 Å². The molecule has 3 heterocycles. The molecule has 2 aliphatic heterocycles. The maximum absolute atomic E-state index is 6.66.